The van der Waals surface area contributed by atoms with Gasteiger partial charge in [-0.2, -0.15) is 0 Å². The lowest BCUT2D eigenvalue weighted by Gasteiger charge is -2.21. The molecule has 0 bridgehead atoms. The van der Waals surface area contributed by atoms with E-state index < -0.39 is 15.7 Å². The summed E-state index contributed by atoms with van der Waals surface area (Å²) in [4.78, 5) is 12.3. The molecule has 3 rings (SSSR count). The molecule has 1 aromatic heterocycles. The second kappa shape index (κ2) is 5.48. The predicted octanol–water partition coefficient (Wildman–Crippen LogP) is 2.78. The largest absolute Gasteiger partial charge is 0.440 e. The van der Waals surface area contributed by atoms with Crippen molar-refractivity contribution >= 4 is 15.7 Å². The molecule has 1 unspecified atom stereocenters. The van der Waals surface area contributed by atoms with Crippen LogP contribution >= 0.6 is 0 Å². The number of furan rings is 1. The summed E-state index contributed by atoms with van der Waals surface area (Å²) >= 11 is 0. The van der Waals surface area contributed by atoms with Gasteiger partial charge in [-0.1, -0.05) is 44.2 Å². The average Bonchev–Trinajstić information content (AvgIpc) is 2.90. The van der Waals surface area contributed by atoms with Crippen molar-refractivity contribution in [3.8, 4) is 0 Å². The summed E-state index contributed by atoms with van der Waals surface area (Å²) in [6.45, 7) is 4.85. The van der Waals surface area contributed by atoms with Crippen molar-refractivity contribution in [3.05, 3.63) is 53.8 Å². The van der Waals surface area contributed by atoms with E-state index in [9.17, 15) is 13.2 Å². The number of carbonyl (C=O) groups is 1. The highest BCUT2D eigenvalue weighted by Gasteiger charge is 2.61. The second-order valence-corrected chi connectivity index (χ2v) is 9.03. The molecule has 1 N–H and O–H groups in total. The second-order valence-electron chi connectivity index (χ2n) is 7.08. The van der Waals surface area contributed by atoms with E-state index in [0.29, 0.717) is 6.54 Å². The molecule has 0 spiro atoms. The van der Waals surface area contributed by atoms with E-state index in [1.165, 1.54) is 17.7 Å². The zero-order valence-electron chi connectivity index (χ0n) is 14.0. The lowest BCUT2D eigenvalue weighted by Crippen LogP contribution is -2.34. The predicted molar refractivity (Wildman–Crippen MR) is 90.7 cm³/mol. The standard InChI is InChI=1S/C18H21NO4S/c1-17(2)11-18(17,13-7-5-4-6-8-13)12-19-16(20)14-9-10-15(23-14)24(3,21)22/h4-10H,11-12H2,1-3H3,(H,19,20). The third kappa shape index (κ3) is 2.86. The molecule has 0 radical (unpaired) electrons. The molecule has 0 aliphatic heterocycles. The molecule has 1 aromatic carbocycles. The first-order valence-electron chi connectivity index (χ1n) is 7.79. The van der Waals surface area contributed by atoms with Crippen LogP contribution in [-0.4, -0.2) is 27.1 Å². The van der Waals surface area contributed by atoms with Crippen molar-refractivity contribution in [2.75, 3.05) is 12.8 Å². The lowest BCUT2D eigenvalue weighted by atomic mass is 9.88. The van der Waals surface area contributed by atoms with Gasteiger partial charge in [0.05, 0.1) is 0 Å². The zero-order chi connectivity index (χ0) is 17.6. The quantitative estimate of drug-likeness (QED) is 0.902. The van der Waals surface area contributed by atoms with E-state index in [-0.39, 0.29) is 21.7 Å². The lowest BCUT2D eigenvalue weighted by molar-refractivity contribution is 0.0915. The number of benzene rings is 1. The molecule has 1 atom stereocenters. The van der Waals surface area contributed by atoms with E-state index in [0.717, 1.165) is 12.7 Å². The van der Waals surface area contributed by atoms with Crippen LogP contribution in [0, 0.1) is 5.41 Å². The van der Waals surface area contributed by atoms with Gasteiger partial charge in [-0.3, -0.25) is 4.79 Å². The Morgan fingerprint density at radius 2 is 1.79 bits per heavy atom. The first kappa shape index (κ1) is 16.8. The minimum absolute atomic E-state index is 0.0112. The minimum atomic E-state index is -3.45. The highest BCUT2D eigenvalue weighted by Crippen LogP contribution is 2.63. The van der Waals surface area contributed by atoms with E-state index in [4.69, 9.17) is 4.42 Å². The molecule has 2 aromatic rings. The summed E-state index contributed by atoms with van der Waals surface area (Å²) in [6.07, 6.45) is 2.03. The third-order valence-corrected chi connectivity index (χ3v) is 5.91. The van der Waals surface area contributed by atoms with Gasteiger partial charge in [0.1, 0.15) is 0 Å². The third-order valence-electron chi connectivity index (χ3n) is 4.96. The molecule has 1 aliphatic rings. The fourth-order valence-electron chi connectivity index (χ4n) is 3.32. The van der Waals surface area contributed by atoms with Crippen LogP contribution in [-0.2, 0) is 15.3 Å². The first-order valence-corrected chi connectivity index (χ1v) is 9.69. The smallest absolute Gasteiger partial charge is 0.287 e. The summed E-state index contributed by atoms with van der Waals surface area (Å²) in [7, 11) is -3.45. The molecule has 1 heterocycles. The Morgan fingerprint density at radius 3 is 2.29 bits per heavy atom. The molecule has 6 heteroatoms. The van der Waals surface area contributed by atoms with E-state index in [2.05, 4.69) is 31.3 Å². The molecule has 1 fully saturated rings. The van der Waals surface area contributed by atoms with E-state index >= 15 is 0 Å². The molecular formula is C18H21NO4S. The summed E-state index contributed by atoms with van der Waals surface area (Å²) in [6, 6.07) is 12.8. The maximum absolute atomic E-state index is 12.3. The Bertz CT molecular complexity index is 867. The summed E-state index contributed by atoms with van der Waals surface area (Å²) in [5, 5.41) is 2.70. The first-order chi connectivity index (χ1) is 11.2. The van der Waals surface area contributed by atoms with Crippen molar-refractivity contribution in [3.63, 3.8) is 0 Å². The average molecular weight is 347 g/mol. The van der Waals surface area contributed by atoms with E-state index in [1.807, 2.05) is 18.2 Å². The van der Waals surface area contributed by atoms with Gasteiger partial charge < -0.3 is 9.73 Å². The van der Waals surface area contributed by atoms with Crippen LogP contribution in [0.3, 0.4) is 0 Å². The fraction of sp³-hybridized carbons (Fsp3) is 0.389. The van der Waals surface area contributed by atoms with Gasteiger partial charge in [0, 0.05) is 18.2 Å². The number of hydrogen-bond acceptors (Lipinski definition) is 4. The number of amides is 1. The van der Waals surface area contributed by atoms with Crippen LogP contribution < -0.4 is 5.32 Å². The number of sulfone groups is 1. The Labute approximate surface area is 142 Å². The van der Waals surface area contributed by atoms with E-state index in [1.54, 1.807) is 0 Å². The van der Waals surface area contributed by atoms with Gasteiger partial charge in [-0.05, 0) is 29.5 Å². The summed E-state index contributed by atoms with van der Waals surface area (Å²) in [5.74, 6) is -0.389. The van der Waals surface area contributed by atoms with Crippen molar-refractivity contribution in [2.45, 2.75) is 30.8 Å². The summed E-state index contributed by atoms with van der Waals surface area (Å²) < 4.78 is 28.0. The highest BCUT2D eigenvalue weighted by molar-refractivity contribution is 7.90. The molecule has 0 saturated heterocycles. The molecular weight excluding hydrogens is 326 g/mol. The van der Waals surface area contributed by atoms with Crippen LogP contribution in [0.1, 0.15) is 36.4 Å². The Balaban J connectivity index is 1.75. The number of rotatable bonds is 5. The Hall–Kier alpha value is -2.08. The fourth-order valence-corrected chi connectivity index (χ4v) is 3.88. The molecule has 24 heavy (non-hydrogen) atoms. The topological polar surface area (TPSA) is 76.4 Å². The Morgan fingerprint density at radius 1 is 1.17 bits per heavy atom. The Kier molecular flexibility index (Phi) is 3.83. The maximum Gasteiger partial charge on any atom is 0.287 e. The molecule has 1 amide bonds. The van der Waals surface area contributed by atoms with Gasteiger partial charge >= 0.3 is 0 Å². The van der Waals surface area contributed by atoms with Crippen LogP contribution in [0.5, 0.6) is 0 Å². The van der Waals surface area contributed by atoms with Crippen LogP contribution in [0.15, 0.2) is 52.0 Å². The normalized spacial score (nSPS) is 22.1. The van der Waals surface area contributed by atoms with Gasteiger partial charge in [-0.25, -0.2) is 8.42 Å². The van der Waals surface area contributed by atoms with Crippen molar-refractivity contribution in [1.29, 1.82) is 0 Å². The zero-order valence-corrected chi connectivity index (χ0v) is 14.8. The molecule has 1 aliphatic carbocycles. The summed E-state index contributed by atoms with van der Waals surface area (Å²) in [5.41, 5.74) is 1.20. The highest BCUT2D eigenvalue weighted by atomic mass is 32.2. The van der Waals surface area contributed by atoms with Crippen LogP contribution in [0.2, 0.25) is 0 Å². The number of carbonyl (C=O) groups excluding carboxylic acids is 1. The molecule has 1 saturated carbocycles. The van der Waals surface area contributed by atoms with Crippen molar-refractivity contribution in [1.82, 2.24) is 5.32 Å². The minimum Gasteiger partial charge on any atom is -0.440 e. The molecule has 5 nitrogen and oxygen atoms in total. The monoisotopic (exact) mass is 347 g/mol. The molecule has 128 valence electrons. The maximum atomic E-state index is 12.3. The van der Waals surface area contributed by atoms with Crippen LogP contribution in [0.25, 0.3) is 0 Å². The SMILES string of the molecule is CC1(C)CC1(CNC(=O)c1ccc(S(C)(=O)=O)o1)c1ccccc1. The van der Waals surface area contributed by atoms with Crippen LogP contribution in [0.4, 0.5) is 0 Å². The van der Waals surface area contributed by atoms with Gasteiger partial charge in [0.25, 0.3) is 5.91 Å². The van der Waals surface area contributed by atoms with Gasteiger partial charge in [-0.15, -0.1) is 0 Å². The van der Waals surface area contributed by atoms with Gasteiger partial charge in [0.2, 0.25) is 14.9 Å². The van der Waals surface area contributed by atoms with Crippen molar-refractivity contribution < 1.29 is 17.6 Å². The number of hydrogen-bond donors (Lipinski definition) is 1. The number of nitrogens with one attached hydrogen (secondary N) is 1. The van der Waals surface area contributed by atoms with Crippen molar-refractivity contribution in [2.24, 2.45) is 5.41 Å². The van der Waals surface area contributed by atoms with Gasteiger partial charge in [0.15, 0.2) is 5.76 Å².